The molecule has 0 amide bonds. The maximum absolute atomic E-state index is 12.9. The predicted molar refractivity (Wildman–Crippen MR) is 106 cm³/mol. The molecule has 2 N–H and O–H groups in total. The van der Waals surface area contributed by atoms with Gasteiger partial charge in [-0.25, -0.2) is 13.2 Å². The molecule has 0 fully saturated rings. The van der Waals surface area contributed by atoms with Crippen molar-refractivity contribution in [1.82, 2.24) is 5.32 Å². The zero-order chi connectivity index (χ0) is 19.0. The molecule has 0 aromatic heterocycles. The van der Waals surface area contributed by atoms with Crippen molar-refractivity contribution >= 4 is 28.2 Å². The Bertz CT molecular complexity index is 840. The minimum Gasteiger partial charge on any atom is -0.492 e. The van der Waals surface area contributed by atoms with E-state index < -0.39 is 15.8 Å². The van der Waals surface area contributed by atoms with Crippen molar-refractivity contribution in [2.24, 2.45) is 0 Å². The van der Waals surface area contributed by atoms with Gasteiger partial charge < -0.3 is 15.2 Å². The Hall–Kier alpha value is -2.09. The van der Waals surface area contributed by atoms with Gasteiger partial charge in [0.05, 0.1) is 17.1 Å². The first kappa shape index (κ1) is 23.0. The van der Waals surface area contributed by atoms with E-state index in [1.807, 2.05) is 7.05 Å². The number of hydrogen-bond acceptors (Lipinski definition) is 5. The van der Waals surface area contributed by atoms with E-state index in [1.165, 1.54) is 24.3 Å². The van der Waals surface area contributed by atoms with E-state index in [-0.39, 0.29) is 33.5 Å². The van der Waals surface area contributed by atoms with Crippen molar-refractivity contribution < 1.29 is 23.1 Å². The van der Waals surface area contributed by atoms with E-state index in [1.54, 1.807) is 18.2 Å². The van der Waals surface area contributed by atoms with Crippen LogP contribution in [0, 0.1) is 0 Å². The summed E-state index contributed by atoms with van der Waals surface area (Å²) in [6.07, 6.45) is 2.75. The molecule has 6 nitrogen and oxygen atoms in total. The van der Waals surface area contributed by atoms with Gasteiger partial charge in [-0.15, -0.1) is 12.4 Å². The third kappa shape index (κ3) is 6.23. The third-order valence-electron chi connectivity index (χ3n) is 3.86. The molecule has 0 saturated heterocycles. The number of hydrogen-bond donors (Lipinski definition) is 2. The van der Waals surface area contributed by atoms with Crippen LogP contribution in [0.1, 0.15) is 29.6 Å². The number of nitrogens with one attached hydrogen (secondary N) is 1. The molecule has 8 heteroatoms. The summed E-state index contributed by atoms with van der Waals surface area (Å²) in [5.41, 5.74) is -0.0964. The topological polar surface area (TPSA) is 92.7 Å². The molecule has 0 saturated carbocycles. The van der Waals surface area contributed by atoms with Gasteiger partial charge in [-0.05, 0) is 63.2 Å². The lowest BCUT2D eigenvalue weighted by atomic mass is 10.2. The molecule has 2 aromatic rings. The summed E-state index contributed by atoms with van der Waals surface area (Å²) < 4.78 is 31.5. The molecule has 0 unspecified atom stereocenters. The lowest BCUT2D eigenvalue weighted by Crippen LogP contribution is -2.10. The van der Waals surface area contributed by atoms with Crippen LogP contribution in [0.4, 0.5) is 0 Å². The molecule has 0 aliphatic carbocycles. The fraction of sp³-hybridized carbons (Fsp3) is 0.316. The van der Waals surface area contributed by atoms with Gasteiger partial charge in [0.2, 0.25) is 9.84 Å². The second-order valence-corrected chi connectivity index (χ2v) is 7.71. The Morgan fingerprint density at radius 1 is 1.07 bits per heavy atom. The lowest BCUT2D eigenvalue weighted by molar-refractivity contribution is 0.0696. The maximum atomic E-state index is 12.9. The summed E-state index contributed by atoms with van der Waals surface area (Å²) in [6, 6.07) is 11.8. The normalized spacial score (nSPS) is 10.9. The molecular formula is C19H24ClNO5S. The predicted octanol–water partition coefficient (Wildman–Crippen LogP) is 3.41. The van der Waals surface area contributed by atoms with E-state index in [2.05, 4.69) is 5.32 Å². The molecule has 2 aromatic carbocycles. The molecule has 27 heavy (non-hydrogen) atoms. The van der Waals surface area contributed by atoms with Crippen molar-refractivity contribution in [2.45, 2.75) is 29.1 Å². The lowest BCUT2D eigenvalue weighted by Gasteiger charge is -2.13. The highest BCUT2D eigenvalue weighted by Gasteiger charge is 2.24. The Labute approximate surface area is 165 Å². The average Bonchev–Trinajstić information content (AvgIpc) is 2.65. The number of ether oxygens (including phenoxy) is 1. The summed E-state index contributed by atoms with van der Waals surface area (Å²) in [7, 11) is -1.99. The van der Waals surface area contributed by atoms with E-state index >= 15 is 0 Å². The van der Waals surface area contributed by atoms with Gasteiger partial charge in [0.25, 0.3) is 0 Å². The zero-order valence-electron chi connectivity index (χ0n) is 15.1. The highest BCUT2D eigenvalue weighted by atomic mass is 35.5. The van der Waals surface area contributed by atoms with Gasteiger partial charge in [-0.1, -0.05) is 18.2 Å². The Kier molecular flexibility index (Phi) is 9.28. The molecule has 0 bridgehead atoms. The monoisotopic (exact) mass is 413 g/mol. The van der Waals surface area contributed by atoms with Crippen LogP contribution in [0.5, 0.6) is 5.75 Å². The summed E-state index contributed by atoms with van der Waals surface area (Å²) >= 11 is 0. The minimum atomic E-state index is -3.88. The average molecular weight is 414 g/mol. The smallest absolute Gasteiger partial charge is 0.335 e. The molecule has 0 aliphatic heterocycles. The number of halogens is 1. The molecular weight excluding hydrogens is 390 g/mol. The largest absolute Gasteiger partial charge is 0.492 e. The minimum absolute atomic E-state index is 0. The van der Waals surface area contributed by atoms with E-state index in [0.717, 1.165) is 31.9 Å². The van der Waals surface area contributed by atoms with Gasteiger partial charge in [0, 0.05) is 0 Å². The number of carbonyl (C=O) groups is 1. The fourth-order valence-corrected chi connectivity index (χ4v) is 3.90. The zero-order valence-corrected chi connectivity index (χ0v) is 16.7. The molecule has 0 heterocycles. The summed E-state index contributed by atoms with van der Waals surface area (Å²) in [5, 5.41) is 12.3. The van der Waals surface area contributed by atoms with Crippen LogP contribution < -0.4 is 10.1 Å². The van der Waals surface area contributed by atoms with Crippen LogP contribution in [0.25, 0.3) is 0 Å². The van der Waals surface area contributed by atoms with Crippen molar-refractivity contribution in [3.05, 3.63) is 54.1 Å². The number of unbranched alkanes of at least 4 members (excludes halogenated alkanes) is 2. The highest BCUT2D eigenvalue weighted by Crippen LogP contribution is 2.30. The number of rotatable bonds is 10. The van der Waals surface area contributed by atoms with Gasteiger partial charge in [-0.3, -0.25) is 0 Å². The van der Waals surface area contributed by atoms with Crippen molar-refractivity contribution in [2.75, 3.05) is 20.2 Å². The van der Waals surface area contributed by atoms with Crippen molar-refractivity contribution in [3.8, 4) is 5.75 Å². The first-order valence-corrected chi connectivity index (χ1v) is 9.90. The Morgan fingerprint density at radius 3 is 2.41 bits per heavy atom. The molecule has 0 spiro atoms. The quantitative estimate of drug-likeness (QED) is 0.580. The van der Waals surface area contributed by atoms with Gasteiger partial charge >= 0.3 is 5.97 Å². The SMILES string of the molecule is CNCCCCCOc1ccc(C(=O)O)cc1S(=O)(=O)c1ccccc1.Cl. The van der Waals surface area contributed by atoms with Gasteiger partial charge in [0.1, 0.15) is 10.6 Å². The van der Waals surface area contributed by atoms with Gasteiger partial charge in [-0.2, -0.15) is 0 Å². The number of sulfone groups is 1. The number of carboxylic acid groups (broad SMARTS) is 1. The molecule has 0 radical (unpaired) electrons. The van der Waals surface area contributed by atoms with Crippen LogP contribution in [0.15, 0.2) is 58.3 Å². The maximum Gasteiger partial charge on any atom is 0.335 e. The van der Waals surface area contributed by atoms with E-state index in [4.69, 9.17) is 4.74 Å². The van der Waals surface area contributed by atoms with Gasteiger partial charge in [0.15, 0.2) is 0 Å². The van der Waals surface area contributed by atoms with Crippen molar-refractivity contribution in [1.29, 1.82) is 0 Å². The molecule has 0 aliphatic rings. The van der Waals surface area contributed by atoms with Crippen LogP contribution in [-0.2, 0) is 9.84 Å². The fourth-order valence-electron chi connectivity index (χ4n) is 2.46. The van der Waals surface area contributed by atoms with E-state index in [9.17, 15) is 18.3 Å². The number of benzene rings is 2. The molecule has 148 valence electrons. The molecule has 0 atom stereocenters. The third-order valence-corrected chi connectivity index (χ3v) is 5.65. The standard InChI is InChI=1S/C19H23NO5S.ClH/c1-20-12-6-3-7-13-25-17-11-10-15(19(21)22)14-18(17)26(23,24)16-8-4-2-5-9-16;/h2,4-5,8-11,14,20H,3,6-7,12-13H2,1H3,(H,21,22);1H. The Balaban J connectivity index is 0.00000364. The highest BCUT2D eigenvalue weighted by molar-refractivity contribution is 7.91. The van der Waals surface area contributed by atoms with Crippen LogP contribution >= 0.6 is 12.4 Å². The first-order chi connectivity index (χ1) is 12.5. The number of aromatic carboxylic acids is 1. The summed E-state index contributed by atoms with van der Waals surface area (Å²) in [6.45, 7) is 1.29. The number of carboxylic acids is 1. The van der Waals surface area contributed by atoms with Crippen LogP contribution in [0.2, 0.25) is 0 Å². The second kappa shape index (κ2) is 10.9. The second-order valence-electron chi connectivity index (χ2n) is 5.80. The molecule has 2 rings (SSSR count). The van der Waals surface area contributed by atoms with Crippen LogP contribution in [-0.4, -0.2) is 39.7 Å². The van der Waals surface area contributed by atoms with E-state index in [0.29, 0.717) is 6.61 Å². The summed E-state index contributed by atoms with van der Waals surface area (Å²) in [5.74, 6) is -1.01. The Morgan fingerprint density at radius 2 is 1.78 bits per heavy atom. The van der Waals surface area contributed by atoms with Crippen LogP contribution in [0.3, 0.4) is 0 Å². The summed E-state index contributed by atoms with van der Waals surface area (Å²) in [4.78, 5) is 11.2. The van der Waals surface area contributed by atoms with Crippen molar-refractivity contribution in [3.63, 3.8) is 0 Å². The first-order valence-electron chi connectivity index (χ1n) is 8.41.